The zero-order valence-corrected chi connectivity index (χ0v) is 44.3. The number of furan rings is 2. The van der Waals surface area contributed by atoms with Gasteiger partial charge in [-0.2, -0.15) is 0 Å². The Morgan fingerprint density at radius 1 is 0.471 bits per heavy atom. The summed E-state index contributed by atoms with van der Waals surface area (Å²) in [6, 6.07) is 74.9. The van der Waals surface area contributed by atoms with Gasteiger partial charge in [0, 0.05) is 54.3 Å². The summed E-state index contributed by atoms with van der Waals surface area (Å²) in [5, 5.41) is 19.1. The third-order valence-electron chi connectivity index (χ3n) is 9.87. The Morgan fingerprint density at radius 3 is 1.25 bits per heavy atom. The maximum atomic E-state index is 10.1. The van der Waals surface area contributed by atoms with Gasteiger partial charge in [0.05, 0.1) is 9.26 Å². The second kappa shape index (κ2) is 25.2. The first kappa shape index (κ1) is 51.8. The number of nitrogens with one attached hydrogen (secondary N) is 1. The number of para-hydroxylation sites is 6. The summed E-state index contributed by atoms with van der Waals surface area (Å²) in [7, 11) is 0. The minimum atomic E-state index is -0.750. The van der Waals surface area contributed by atoms with Crippen LogP contribution in [0.4, 0.5) is 28.4 Å². The van der Waals surface area contributed by atoms with E-state index in [0.29, 0.717) is 5.02 Å². The van der Waals surface area contributed by atoms with Crippen molar-refractivity contribution in [1.29, 1.82) is 0 Å². The van der Waals surface area contributed by atoms with Crippen LogP contribution in [0, 0.1) is 10.5 Å². The van der Waals surface area contributed by atoms with E-state index in [4.69, 9.17) is 32.0 Å². The Bertz CT molecular complexity index is 3170. The van der Waals surface area contributed by atoms with E-state index in [0.717, 1.165) is 80.9 Å². The topological polar surface area (TPSA) is 64.6 Å². The molecular formula is C59H50Cl2IN2NaO3. The molecular weight excluding hydrogens is 1010 g/mol. The Labute approximate surface area is 444 Å². The number of rotatable bonds is 5. The molecule has 336 valence electrons. The molecule has 0 saturated carbocycles. The predicted octanol–water partition coefficient (Wildman–Crippen LogP) is 15.1. The van der Waals surface area contributed by atoms with E-state index in [2.05, 4.69) is 82.2 Å². The van der Waals surface area contributed by atoms with Gasteiger partial charge in [-0.3, -0.25) is 0 Å². The van der Waals surface area contributed by atoms with E-state index < -0.39 is 5.60 Å². The van der Waals surface area contributed by atoms with E-state index in [1.807, 2.05) is 182 Å². The van der Waals surface area contributed by atoms with Crippen LogP contribution < -0.4 is 44.9 Å². The SMILES string of the molecule is CC(C)(C)[O-].Cc1ccccc1.Clc1cc(I)c2oc3ccccc3c2c1.Clc1cc(N(c2ccccc2)c2ccccc2)c2oc3ccccc3c2c1.[Na+].c1ccc(Nc2ccccc2)cc1. The normalized spacial score (nSPS) is 10.5. The van der Waals surface area contributed by atoms with Gasteiger partial charge in [-0.15, -0.1) is 5.60 Å². The number of fused-ring (bicyclic) bond motifs is 6. The first-order valence-corrected chi connectivity index (χ1v) is 23.6. The fourth-order valence-electron chi connectivity index (χ4n) is 7.02. The van der Waals surface area contributed by atoms with Crippen LogP contribution in [0.25, 0.3) is 43.9 Å². The Kier molecular flexibility index (Phi) is 19.2. The molecule has 0 aliphatic heterocycles. The summed E-state index contributed by atoms with van der Waals surface area (Å²) in [6.45, 7) is 6.98. The van der Waals surface area contributed by atoms with E-state index in [1.165, 1.54) is 5.56 Å². The summed E-state index contributed by atoms with van der Waals surface area (Å²) < 4.78 is 13.1. The van der Waals surface area contributed by atoms with Crippen LogP contribution in [-0.2, 0) is 0 Å². The number of anilines is 5. The van der Waals surface area contributed by atoms with Crippen molar-refractivity contribution in [2.24, 2.45) is 0 Å². The first-order valence-electron chi connectivity index (χ1n) is 21.8. The average Bonchev–Trinajstić information content (AvgIpc) is 3.90. The number of nitrogens with zero attached hydrogens (tertiary/aromatic N) is 1. The summed E-state index contributed by atoms with van der Waals surface area (Å²) in [5.74, 6) is 0. The van der Waals surface area contributed by atoms with Gasteiger partial charge in [0.1, 0.15) is 16.7 Å². The van der Waals surface area contributed by atoms with Gasteiger partial charge in [-0.1, -0.05) is 189 Å². The largest absolute Gasteiger partial charge is 1.00 e. The predicted molar refractivity (Wildman–Crippen MR) is 292 cm³/mol. The maximum Gasteiger partial charge on any atom is 1.00 e. The van der Waals surface area contributed by atoms with Gasteiger partial charge < -0.3 is 24.2 Å². The molecule has 0 bridgehead atoms. The zero-order chi connectivity index (χ0) is 47.2. The third kappa shape index (κ3) is 14.7. The molecule has 9 aromatic carbocycles. The molecule has 2 heterocycles. The van der Waals surface area contributed by atoms with Gasteiger partial charge in [-0.25, -0.2) is 0 Å². The molecule has 0 fully saturated rings. The van der Waals surface area contributed by atoms with Crippen LogP contribution in [0.15, 0.2) is 233 Å². The molecule has 0 aliphatic rings. The van der Waals surface area contributed by atoms with Crippen molar-refractivity contribution in [1.82, 2.24) is 0 Å². The number of halogens is 3. The van der Waals surface area contributed by atoms with Gasteiger partial charge in [0.2, 0.25) is 0 Å². The molecule has 2 aromatic heterocycles. The summed E-state index contributed by atoms with van der Waals surface area (Å²) in [6.07, 6.45) is 0. The standard InChI is InChI=1S/C24H16ClNO.C12H6ClIO.C12H11N.C7H8.C4H9O.Na/c25-17-15-21-20-13-7-8-14-23(20)27-24(21)22(16-17)26(18-9-3-1-4-10-18)19-11-5-2-6-12-19;13-7-5-9-8-3-1-2-4-11(8)15-12(9)10(14)6-7;1-3-7-11(8-4-1)13-12-9-5-2-6-10-12;1-7-5-3-2-4-6-7;1-4(2,3)5;/h1-16H;1-6H;1-10,13H;2-6H,1H3;1-3H3;/q;;;;-1;+1. The van der Waals surface area contributed by atoms with Crippen molar-refractivity contribution in [3.05, 3.63) is 244 Å². The smallest absolute Gasteiger partial charge is 0.850 e. The maximum absolute atomic E-state index is 10.1. The molecule has 0 unspecified atom stereocenters. The second-order valence-electron chi connectivity index (χ2n) is 16.4. The van der Waals surface area contributed by atoms with Crippen molar-refractivity contribution in [3.63, 3.8) is 0 Å². The van der Waals surface area contributed by atoms with E-state index in [-0.39, 0.29) is 29.6 Å². The summed E-state index contributed by atoms with van der Waals surface area (Å²) in [5.41, 5.74) is 9.34. The van der Waals surface area contributed by atoms with Crippen LogP contribution in [0.1, 0.15) is 26.3 Å². The number of aryl methyl sites for hydroxylation is 1. The Balaban J connectivity index is 0.000000157. The number of hydrogen-bond donors (Lipinski definition) is 1. The molecule has 0 atom stereocenters. The number of benzene rings is 9. The third-order valence-corrected chi connectivity index (χ3v) is 11.1. The van der Waals surface area contributed by atoms with E-state index in [1.54, 1.807) is 20.8 Å². The Hall–Kier alpha value is -5.55. The fourth-order valence-corrected chi connectivity index (χ4v) is 8.37. The molecule has 11 aromatic rings. The molecule has 9 heteroatoms. The molecule has 0 spiro atoms. The Morgan fingerprint density at radius 2 is 0.824 bits per heavy atom. The quantitative estimate of drug-likeness (QED) is 0.137. The fraction of sp³-hybridized carbons (Fsp3) is 0.0847. The van der Waals surface area contributed by atoms with Crippen LogP contribution in [0.3, 0.4) is 0 Å². The molecule has 5 nitrogen and oxygen atoms in total. The molecule has 1 N–H and O–H groups in total. The number of hydrogen-bond acceptors (Lipinski definition) is 5. The average molecular weight is 1060 g/mol. The van der Waals surface area contributed by atoms with Gasteiger partial charge in [-0.05, 0) is 114 Å². The second-order valence-corrected chi connectivity index (χ2v) is 18.4. The van der Waals surface area contributed by atoms with Crippen molar-refractivity contribution in [2.45, 2.75) is 33.3 Å². The molecule has 0 radical (unpaired) electrons. The minimum absolute atomic E-state index is 0. The molecule has 0 aliphatic carbocycles. The van der Waals surface area contributed by atoms with Gasteiger partial charge in [0.15, 0.2) is 5.58 Å². The van der Waals surface area contributed by atoms with Gasteiger partial charge in [0.25, 0.3) is 0 Å². The summed E-state index contributed by atoms with van der Waals surface area (Å²) in [4.78, 5) is 2.18. The van der Waals surface area contributed by atoms with Crippen LogP contribution >= 0.6 is 45.8 Å². The van der Waals surface area contributed by atoms with Crippen molar-refractivity contribution in [3.8, 4) is 0 Å². The zero-order valence-electron chi connectivity index (χ0n) is 38.7. The molecule has 11 rings (SSSR count). The van der Waals surface area contributed by atoms with E-state index >= 15 is 0 Å². The minimum Gasteiger partial charge on any atom is -0.850 e. The van der Waals surface area contributed by atoms with Crippen molar-refractivity contribution >= 4 is 118 Å². The molecule has 0 saturated heterocycles. The van der Waals surface area contributed by atoms with Crippen LogP contribution in [0.5, 0.6) is 0 Å². The molecule has 0 amide bonds. The van der Waals surface area contributed by atoms with E-state index in [9.17, 15) is 5.11 Å². The van der Waals surface area contributed by atoms with Crippen LogP contribution in [-0.4, -0.2) is 5.60 Å². The van der Waals surface area contributed by atoms with Crippen LogP contribution in [0.2, 0.25) is 10.0 Å². The van der Waals surface area contributed by atoms with Gasteiger partial charge >= 0.3 is 29.6 Å². The summed E-state index contributed by atoms with van der Waals surface area (Å²) >= 11 is 14.8. The molecule has 68 heavy (non-hydrogen) atoms. The first-order chi connectivity index (χ1) is 32.4. The van der Waals surface area contributed by atoms with Crippen molar-refractivity contribution in [2.75, 3.05) is 10.2 Å². The van der Waals surface area contributed by atoms with Crippen molar-refractivity contribution < 1.29 is 43.5 Å². The monoisotopic (exact) mass is 1050 g/mol.